The van der Waals surface area contributed by atoms with Crippen LogP contribution in [0.15, 0.2) is 0 Å². The minimum atomic E-state index is -1.02. The maximum atomic E-state index is 15.4. The van der Waals surface area contributed by atoms with Gasteiger partial charge in [0, 0.05) is 68.6 Å². The van der Waals surface area contributed by atoms with Gasteiger partial charge in [-0.3, -0.25) is 14.5 Å². The molecule has 4 rings (SSSR count). The smallest absolute Gasteiger partial charge is 0.254 e. The van der Waals surface area contributed by atoms with Crippen molar-refractivity contribution in [3.63, 3.8) is 0 Å². The van der Waals surface area contributed by atoms with Crippen molar-refractivity contribution in [2.24, 2.45) is 0 Å². The first-order chi connectivity index (χ1) is 19.5. The molecule has 41 heavy (non-hydrogen) atoms. The predicted molar refractivity (Wildman–Crippen MR) is 150 cm³/mol. The van der Waals surface area contributed by atoms with Crippen LogP contribution in [0.4, 0.5) is 10.1 Å². The van der Waals surface area contributed by atoms with E-state index < -0.39 is 47.5 Å². The second-order valence-corrected chi connectivity index (χ2v) is 9.84. The lowest BCUT2D eigenvalue weighted by molar-refractivity contribution is -0.125. The van der Waals surface area contributed by atoms with E-state index in [1.54, 1.807) is 0 Å². The van der Waals surface area contributed by atoms with Crippen molar-refractivity contribution < 1.29 is 38.8 Å². The van der Waals surface area contributed by atoms with Gasteiger partial charge in [0.2, 0.25) is 5.91 Å². The summed E-state index contributed by atoms with van der Waals surface area (Å²) in [5.41, 5.74) is -1.09. The predicted octanol–water partition coefficient (Wildman–Crippen LogP) is -2.18. The molecule has 0 spiro atoms. The third-order valence-corrected chi connectivity index (χ3v) is 7.49. The number of likely N-dealkylation sites (N-methyl/N-ethyl adjacent to an activating group) is 1. The molecule has 2 aromatic carbocycles. The SMILES string of the molecule is [B]c1c(F)c(CNc2c([B])c(O)c([B])c3c2CN(C(CCC=O)C(=O)NC)C3=O)c(O)c(O)c1CN1CCOCC1. The molecule has 11 nitrogen and oxygen atoms in total. The van der Waals surface area contributed by atoms with Crippen LogP contribution < -0.4 is 27.0 Å². The lowest BCUT2D eigenvalue weighted by Gasteiger charge is -2.28. The zero-order valence-electron chi connectivity index (χ0n) is 22.5. The van der Waals surface area contributed by atoms with Gasteiger partial charge in [0.1, 0.15) is 47.4 Å². The zero-order chi connectivity index (χ0) is 30.0. The number of ether oxygens (including phenoxy) is 1. The first-order valence-corrected chi connectivity index (χ1v) is 13.0. The molecule has 1 atom stereocenters. The molecule has 1 unspecified atom stereocenters. The van der Waals surface area contributed by atoms with Crippen molar-refractivity contribution in [1.82, 2.24) is 15.1 Å². The largest absolute Gasteiger partial charge is 0.509 e. The lowest BCUT2D eigenvalue weighted by Crippen LogP contribution is -2.46. The molecule has 6 radical (unpaired) electrons. The lowest BCUT2D eigenvalue weighted by atomic mass is 9.79. The highest BCUT2D eigenvalue weighted by atomic mass is 19.1. The van der Waals surface area contributed by atoms with E-state index in [1.165, 1.54) is 11.9 Å². The Morgan fingerprint density at radius 2 is 1.73 bits per heavy atom. The van der Waals surface area contributed by atoms with Gasteiger partial charge in [0.15, 0.2) is 11.5 Å². The molecule has 2 amide bonds. The molecule has 0 saturated carbocycles. The minimum Gasteiger partial charge on any atom is -0.509 e. The number of halogens is 1. The first-order valence-electron chi connectivity index (χ1n) is 13.0. The van der Waals surface area contributed by atoms with Crippen LogP contribution >= 0.6 is 0 Å². The van der Waals surface area contributed by atoms with Gasteiger partial charge < -0.3 is 40.4 Å². The third kappa shape index (κ3) is 5.60. The normalized spacial score (nSPS) is 16.0. The van der Waals surface area contributed by atoms with Crippen LogP contribution in [0.5, 0.6) is 17.2 Å². The Labute approximate surface area is 240 Å². The molecule has 5 N–H and O–H groups in total. The molecular formula is C26H28B3FN4O7. The number of amides is 2. The van der Waals surface area contributed by atoms with Gasteiger partial charge in [-0.05, 0) is 17.3 Å². The Bertz CT molecular complexity index is 1360. The van der Waals surface area contributed by atoms with Crippen LogP contribution in [0, 0.1) is 5.82 Å². The Hall–Kier alpha value is -3.71. The van der Waals surface area contributed by atoms with Gasteiger partial charge >= 0.3 is 0 Å². The fourth-order valence-electron chi connectivity index (χ4n) is 5.19. The zero-order valence-corrected chi connectivity index (χ0v) is 22.5. The maximum absolute atomic E-state index is 15.4. The monoisotopic (exact) mass is 560 g/mol. The number of rotatable bonds is 10. The fourth-order valence-corrected chi connectivity index (χ4v) is 5.19. The van der Waals surface area contributed by atoms with Crippen molar-refractivity contribution in [3.8, 4) is 17.2 Å². The highest BCUT2D eigenvalue weighted by molar-refractivity contribution is 6.46. The second kappa shape index (κ2) is 12.4. The van der Waals surface area contributed by atoms with Crippen LogP contribution in [0.1, 0.15) is 39.9 Å². The van der Waals surface area contributed by atoms with E-state index in [2.05, 4.69) is 10.6 Å². The van der Waals surface area contributed by atoms with Crippen molar-refractivity contribution in [3.05, 3.63) is 28.1 Å². The summed E-state index contributed by atoms with van der Waals surface area (Å²) in [7, 11) is 19.6. The van der Waals surface area contributed by atoms with Gasteiger partial charge in [0.05, 0.1) is 18.8 Å². The van der Waals surface area contributed by atoms with Crippen molar-refractivity contribution in [2.75, 3.05) is 38.7 Å². The van der Waals surface area contributed by atoms with Crippen LogP contribution in [-0.4, -0.2) is 106 Å². The van der Waals surface area contributed by atoms with Crippen molar-refractivity contribution in [1.29, 1.82) is 0 Å². The first kappa shape index (κ1) is 30.3. The number of hydrogen-bond donors (Lipinski definition) is 5. The molecule has 15 heteroatoms. The number of fused-ring (bicyclic) bond motifs is 1. The molecule has 2 heterocycles. The summed E-state index contributed by atoms with van der Waals surface area (Å²) in [4.78, 5) is 40.0. The number of hydrogen-bond acceptors (Lipinski definition) is 9. The highest BCUT2D eigenvalue weighted by Crippen LogP contribution is 2.36. The highest BCUT2D eigenvalue weighted by Gasteiger charge is 2.39. The van der Waals surface area contributed by atoms with Gasteiger partial charge in [-0.15, -0.1) is 0 Å². The molecule has 0 aromatic heterocycles. The van der Waals surface area contributed by atoms with E-state index in [-0.39, 0.29) is 70.3 Å². The number of nitrogens with zero attached hydrogens (tertiary/aromatic N) is 2. The number of morpholine rings is 1. The summed E-state index contributed by atoms with van der Waals surface area (Å²) in [6.07, 6.45) is 0.682. The maximum Gasteiger partial charge on any atom is 0.254 e. The Kier molecular flexibility index (Phi) is 9.18. The number of anilines is 1. The van der Waals surface area contributed by atoms with E-state index in [1.807, 2.05) is 4.90 Å². The number of carbonyl (C=O) groups excluding carboxylic acids is 3. The molecule has 0 aliphatic carbocycles. The molecule has 1 fully saturated rings. The number of carbonyl (C=O) groups is 3. The molecule has 2 aliphatic rings. The Morgan fingerprint density at radius 3 is 2.37 bits per heavy atom. The van der Waals surface area contributed by atoms with E-state index in [9.17, 15) is 29.7 Å². The van der Waals surface area contributed by atoms with Gasteiger partial charge in [-0.25, -0.2) is 4.39 Å². The molecule has 210 valence electrons. The van der Waals surface area contributed by atoms with E-state index in [0.29, 0.717) is 32.6 Å². The van der Waals surface area contributed by atoms with Crippen LogP contribution in [0.25, 0.3) is 0 Å². The number of phenolic OH excluding ortho intramolecular Hbond substituents is 3. The van der Waals surface area contributed by atoms with E-state index in [0.717, 1.165) is 0 Å². The van der Waals surface area contributed by atoms with Gasteiger partial charge in [0.25, 0.3) is 5.91 Å². The average Bonchev–Trinajstić information content (AvgIpc) is 3.31. The topological polar surface area (TPSA) is 152 Å². The van der Waals surface area contributed by atoms with E-state index >= 15 is 4.39 Å². The standard InChI is InChI=1S/C26H28B3FN4O7/c1-31-25(39)15(3-2-6-35)34-11-13-16(26(34)40)18(28)24(38)19(29)21(13)32-9-12-20(30)17(27)14(23(37)22(12)36)10-33-4-7-41-8-5-33/h6,15,32,36-38H,2-5,7-11H2,1H3,(H,31,39). The fraction of sp³-hybridized carbons (Fsp3) is 0.423. The number of aromatic hydroxyl groups is 3. The van der Waals surface area contributed by atoms with Crippen molar-refractivity contribution >= 4 is 63.7 Å². The van der Waals surface area contributed by atoms with Crippen LogP contribution in [0.3, 0.4) is 0 Å². The molecule has 0 bridgehead atoms. The molecule has 2 aliphatic heterocycles. The Balaban J connectivity index is 1.67. The van der Waals surface area contributed by atoms with E-state index in [4.69, 9.17) is 28.3 Å². The summed E-state index contributed by atoms with van der Waals surface area (Å²) in [5, 5.41) is 37.3. The van der Waals surface area contributed by atoms with Gasteiger partial charge in [-0.1, -0.05) is 5.46 Å². The number of nitrogens with one attached hydrogen (secondary N) is 2. The quantitative estimate of drug-likeness (QED) is 0.124. The summed E-state index contributed by atoms with van der Waals surface area (Å²) >= 11 is 0. The summed E-state index contributed by atoms with van der Waals surface area (Å²) in [5.74, 6) is -4.04. The third-order valence-electron chi connectivity index (χ3n) is 7.49. The molecular weight excluding hydrogens is 532 g/mol. The number of benzene rings is 2. The number of aldehydes is 1. The minimum absolute atomic E-state index is 0.0111. The van der Waals surface area contributed by atoms with Gasteiger partial charge in [-0.2, -0.15) is 0 Å². The summed E-state index contributed by atoms with van der Waals surface area (Å²) in [6.45, 7) is 1.51. The number of phenols is 3. The van der Waals surface area contributed by atoms with Crippen LogP contribution in [-0.2, 0) is 34.0 Å². The second-order valence-electron chi connectivity index (χ2n) is 9.84. The Morgan fingerprint density at radius 1 is 1.07 bits per heavy atom. The molecule has 2 aromatic rings. The van der Waals surface area contributed by atoms with Crippen molar-refractivity contribution in [2.45, 2.75) is 38.5 Å². The average molecular weight is 560 g/mol. The summed E-state index contributed by atoms with van der Waals surface area (Å²) in [6, 6.07) is -1.02. The van der Waals surface area contributed by atoms with Crippen LogP contribution in [0.2, 0.25) is 0 Å². The summed E-state index contributed by atoms with van der Waals surface area (Å²) < 4.78 is 20.7. The molecule has 1 saturated heterocycles.